The summed E-state index contributed by atoms with van der Waals surface area (Å²) in [6.07, 6.45) is 2.07. The molecule has 0 aromatic heterocycles. The molecule has 1 saturated carbocycles. The first-order chi connectivity index (χ1) is 12.2. The number of ether oxygens (including phenoxy) is 2. The Labute approximate surface area is 146 Å². The van der Waals surface area contributed by atoms with Crippen LogP contribution in [0.15, 0.2) is 48.5 Å². The van der Waals surface area contributed by atoms with Crippen molar-refractivity contribution in [1.29, 1.82) is 0 Å². The van der Waals surface area contributed by atoms with Crippen LogP contribution in [-0.4, -0.2) is 31.6 Å². The van der Waals surface area contributed by atoms with Gasteiger partial charge in [-0.15, -0.1) is 0 Å². The van der Waals surface area contributed by atoms with Crippen molar-refractivity contribution >= 4 is 17.5 Å². The minimum absolute atomic E-state index is 0.119. The van der Waals surface area contributed by atoms with Gasteiger partial charge in [0.15, 0.2) is 6.61 Å². The van der Waals surface area contributed by atoms with Gasteiger partial charge in [0.05, 0.1) is 12.8 Å². The molecule has 0 saturated heterocycles. The van der Waals surface area contributed by atoms with E-state index in [1.807, 2.05) is 6.07 Å². The monoisotopic (exact) mass is 340 g/mol. The maximum atomic E-state index is 12.1. The number of amides is 2. The topological polar surface area (TPSA) is 76.7 Å². The summed E-state index contributed by atoms with van der Waals surface area (Å²) < 4.78 is 10.7. The van der Waals surface area contributed by atoms with Crippen LogP contribution in [-0.2, 0) is 4.79 Å². The number of nitrogens with one attached hydrogen (secondary N) is 2. The van der Waals surface area contributed by atoms with Crippen LogP contribution in [0.1, 0.15) is 23.2 Å². The lowest BCUT2D eigenvalue weighted by atomic mass is 10.2. The van der Waals surface area contributed by atoms with Crippen molar-refractivity contribution < 1.29 is 19.1 Å². The Balaban J connectivity index is 1.55. The molecule has 0 bridgehead atoms. The Hall–Kier alpha value is -3.02. The highest BCUT2D eigenvalue weighted by atomic mass is 16.5. The Kier molecular flexibility index (Phi) is 5.18. The molecule has 2 aromatic carbocycles. The molecular formula is C19H20N2O4. The number of hydrogen-bond donors (Lipinski definition) is 2. The highest BCUT2D eigenvalue weighted by molar-refractivity contribution is 5.95. The van der Waals surface area contributed by atoms with E-state index < -0.39 is 0 Å². The largest absolute Gasteiger partial charge is 0.495 e. The second kappa shape index (κ2) is 7.70. The van der Waals surface area contributed by atoms with Crippen molar-refractivity contribution in [1.82, 2.24) is 5.32 Å². The van der Waals surface area contributed by atoms with Crippen LogP contribution in [0, 0.1) is 0 Å². The highest BCUT2D eigenvalue weighted by Crippen LogP contribution is 2.23. The van der Waals surface area contributed by atoms with E-state index in [0.717, 1.165) is 12.8 Å². The van der Waals surface area contributed by atoms with E-state index in [1.165, 1.54) is 0 Å². The van der Waals surface area contributed by atoms with Crippen molar-refractivity contribution in [3.05, 3.63) is 54.1 Å². The summed E-state index contributed by atoms with van der Waals surface area (Å²) in [6, 6.07) is 14.2. The number of carbonyl (C=O) groups excluding carboxylic acids is 2. The lowest BCUT2D eigenvalue weighted by Gasteiger charge is -2.11. The Morgan fingerprint density at radius 2 is 1.92 bits per heavy atom. The minimum atomic E-state index is -0.308. The molecule has 3 rings (SSSR count). The number of rotatable bonds is 7. The molecule has 6 heteroatoms. The van der Waals surface area contributed by atoms with Gasteiger partial charge in [-0.05, 0) is 43.2 Å². The van der Waals surface area contributed by atoms with E-state index in [0.29, 0.717) is 28.8 Å². The third kappa shape index (κ3) is 4.73. The molecule has 25 heavy (non-hydrogen) atoms. The van der Waals surface area contributed by atoms with Gasteiger partial charge < -0.3 is 20.1 Å². The van der Waals surface area contributed by atoms with E-state index in [4.69, 9.17) is 9.47 Å². The predicted molar refractivity (Wildman–Crippen MR) is 94.0 cm³/mol. The first kappa shape index (κ1) is 16.8. The van der Waals surface area contributed by atoms with Crippen molar-refractivity contribution in [3.63, 3.8) is 0 Å². The summed E-state index contributed by atoms with van der Waals surface area (Å²) in [5, 5.41) is 5.66. The standard InChI is InChI=1S/C19H20N2O4/c1-24-17-8-3-2-7-16(17)21-18(22)12-25-15-6-4-5-13(11-15)19(23)20-14-9-10-14/h2-8,11,14H,9-10,12H2,1H3,(H,20,23)(H,21,22). The molecule has 1 aliphatic carbocycles. The van der Waals surface area contributed by atoms with Gasteiger partial charge >= 0.3 is 0 Å². The lowest BCUT2D eigenvalue weighted by molar-refractivity contribution is -0.118. The molecule has 1 aliphatic rings. The summed E-state index contributed by atoms with van der Waals surface area (Å²) in [5.41, 5.74) is 1.10. The maximum Gasteiger partial charge on any atom is 0.262 e. The van der Waals surface area contributed by atoms with Gasteiger partial charge in [0, 0.05) is 11.6 Å². The van der Waals surface area contributed by atoms with E-state index in [1.54, 1.807) is 49.6 Å². The molecule has 0 heterocycles. The van der Waals surface area contributed by atoms with Gasteiger partial charge in [0.25, 0.3) is 11.8 Å². The molecule has 0 atom stereocenters. The van der Waals surface area contributed by atoms with Gasteiger partial charge in [-0.2, -0.15) is 0 Å². The molecule has 2 amide bonds. The first-order valence-electron chi connectivity index (χ1n) is 8.12. The Bertz CT molecular complexity index is 772. The summed E-state index contributed by atoms with van der Waals surface area (Å²) in [7, 11) is 1.54. The molecule has 2 N–H and O–H groups in total. The maximum absolute atomic E-state index is 12.1. The Morgan fingerprint density at radius 1 is 1.12 bits per heavy atom. The number of anilines is 1. The summed E-state index contributed by atoms with van der Waals surface area (Å²) in [5.74, 6) is 0.622. The van der Waals surface area contributed by atoms with Crippen LogP contribution in [0.3, 0.4) is 0 Å². The van der Waals surface area contributed by atoms with Gasteiger partial charge in [-0.3, -0.25) is 9.59 Å². The smallest absolute Gasteiger partial charge is 0.262 e. The van der Waals surface area contributed by atoms with Gasteiger partial charge in [-0.25, -0.2) is 0 Å². The van der Waals surface area contributed by atoms with Crippen LogP contribution in [0.25, 0.3) is 0 Å². The number of benzene rings is 2. The van der Waals surface area contributed by atoms with E-state index >= 15 is 0 Å². The molecule has 2 aromatic rings. The number of methoxy groups -OCH3 is 1. The van der Waals surface area contributed by atoms with Crippen LogP contribution >= 0.6 is 0 Å². The molecule has 0 spiro atoms. The SMILES string of the molecule is COc1ccccc1NC(=O)COc1cccc(C(=O)NC2CC2)c1. The van der Waals surface area contributed by atoms with Crippen molar-refractivity contribution in [2.75, 3.05) is 19.0 Å². The number of para-hydroxylation sites is 2. The lowest BCUT2D eigenvalue weighted by Crippen LogP contribution is -2.25. The summed E-state index contributed by atoms with van der Waals surface area (Å²) in [6.45, 7) is -0.161. The first-order valence-corrected chi connectivity index (χ1v) is 8.12. The molecule has 1 fully saturated rings. The molecule has 0 aliphatic heterocycles. The van der Waals surface area contributed by atoms with E-state index in [9.17, 15) is 9.59 Å². The third-order valence-corrected chi connectivity index (χ3v) is 3.76. The van der Waals surface area contributed by atoms with E-state index in [-0.39, 0.29) is 18.4 Å². The number of carbonyl (C=O) groups is 2. The van der Waals surface area contributed by atoms with Crippen LogP contribution in [0.5, 0.6) is 11.5 Å². The van der Waals surface area contributed by atoms with E-state index in [2.05, 4.69) is 10.6 Å². The zero-order valence-corrected chi connectivity index (χ0v) is 14.0. The number of hydrogen-bond acceptors (Lipinski definition) is 4. The minimum Gasteiger partial charge on any atom is -0.495 e. The zero-order chi connectivity index (χ0) is 17.6. The highest BCUT2D eigenvalue weighted by Gasteiger charge is 2.23. The van der Waals surface area contributed by atoms with Crippen LogP contribution in [0.2, 0.25) is 0 Å². The van der Waals surface area contributed by atoms with Gasteiger partial charge in [0.1, 0.15) is 11.5 Å². The molecule has 6 nitrogen and oxygen atoms in total. The second-order valence-electron chi connectivity index (χ2n) is 5.81. The van der Waals surface area contributed by atoms with Crippen molar-refractivity contribution in [2.24, 2.45) is 0 Å². The fraction of sp³-hybridized carbons (Fsp3) is 0.263. The average Bonchev–Trinajstić information content (AvgIpc) is 3.44. The van der Waals surface area contributed by atoms with Crippen molar-refractivity contribution in [2.45, 2.75) is 18.9 Å². The summed E-state index contributed by atoms with van der Waals surface area (Å²) in [4.78, 5) is 24.1. The van der Waals surface area contributed by atoms with Gasteiger partial charge in [-0.1, -0.05) is 18.2 Å². The third-order valence-electron chi connectivity index (χ3n) is 3.76. The zero-order valence-electron chi connectivity index (χ0n) is 14.0. The average molecular weight is 340 g/mol. The second-order valence-corrected chi connectivity index (χ2v) is 5.81. The normalized spacial score (nSPS) is 13.0. The molecular weight excluding hydrogens is 320 g/mol. The Morgan fingerprint density at radius 3 is 2.68 bits per heavy atom. The molecule has 0 radical (unpaired) electrons. The van der Waals surface area contributed by atoms with Gasteiger partial charge in [0.2, 0.25) is 0 Å². The predicted octanol–water partition coefficient (Wildman–Crippen LogP) is 2.60. The van der Waals surface area contributed by atoms with Crippen LogP contribution < -0.4 is 20.1 Å². The molecule has 0 unspecified atom stereocenters. The quantitative estimate of drug-likeness (QED) is 0.812. The van der Waals surface area contributed by atoms with Crippen molar-refractivity contribution in [3.8, 4) is 11.5 Å². The fourth-order valence-corrected chi connectivity index (χ4v) is 2.31. The molecule has 130 valence electrons. The fourth-order valence-electron chi connectivity index (χ4n) is 2.31. The summed E-state index contributed by atoms with van der Waals surface area (Å²) >= 11 is 0. The van der Waals surface area contributed by atoms with Crippen LogP contribution in [0.4, 0.5) is 5.69 Å².